The monoisotopic (exact) mass is 253 g/mol. The van der Waals surface area contributed by atoms with Gasteiger partial charge in [-0.1, -0.05) is 17.7 Å². The van der Waals surface area contributed by atoms with Crippen molar-refractivity contribution in [3.8, 4) is 0 Å². The summed E-state index contributed by atoms with van der Waals surface area (Å²) in [4.78, 5) is 0. The Balaban J connectivity index is 1.96. The lowest BCUT2D eigenvalue weighted by molar-refractivity contribution is 0.573. The SMILES string of the molecule is CC(NCc1ccc(F)c(Cl)c1)c1cn[nH]c1. The lowest BCUT2D eigenvalue weighted by Crippen LogP contribution is -2.17. The van der Waals surface area contributed by atoms with E-state index in [1.54, 1.807) is 18.3 Å². The van der Waals surface area contributed by atoms with Crippen LogP contribution in [0.4, 0.5) is 4.39 Å². The number of nitrogens with one attached hydrogen (secondary N) is 2. The van der Waals surface area contributed by atoms with Crippen molar-refractivity contribution in [2.45, 2.75) is 19.5 Å². The van der Waals surface area contributed by atoms with E-state index in [4.69, 9.17) is 11.6 Å². The molecule has 1 aromatic carbocycles. The van der Waals surface area contributed by atoms with Crippen LogP contribution < -0.4 is 5.32 Å². The fourth-order valence-electron chi connectivity index (χ4n) is 1.54. The fourth-order valence-corrected chi connectivity index (χ4v) is 1.74. The van der Waals surface area contributed by atoms with Crippen LogP contribution in [-0.2, 0) is 6.54 Å². The molecular weight excluding hydrogens is 241 g/mol. The Morgan fingerprint density at radius 1 is 1.53 bits per heavy atom. The minimum atomic E-state index is -0.390. The quantitative estimate of drug-likeness (QED) is 0.879. The van der Waals surface area contributed by atoms with E-state index in [1.807, 2.05) is 13.1 Å². The molecule has 0 aliphatic heterocycles. The summed E-state index contributed by atoms with van der Waals surface area (Å²) in [5.74, 6) is -0.390. The van der Waals surface area contributed by atoms with Crippen LogP contribution in [0.3, 0.4) is 0 Å². The van der Waals surface area contributed by atoms with Crippen molar-refractivity contribution in [1.29, 1.82) is 0 Å². The molecule has 1 atom stereocenters. The zero-order chi connectivity index (χ0) is 12.3. The molecule has 90 valence electrons. The molecule has 0 fully saturated rings. The highest BCUT2D eigenvalue weighted by molar-refractivity contribution is 6.30. The molecule has 0 saturated carbocycles. The van der Waals surface area contributed by atoms with Crippen LogP contribution >= 0.6 is 11.6 Å². The molecule has 0 spiro atoms. The van der Waals surface area contributed by atoms with E-state index in [-0.39, 0.29) is 11.1 Å². The van der Waals surface area contributed by atoms with E-state index in [9.17, 15) is 4.39 Å². The number of aromatic amines is 1. The van der Waals surface area contributed by atoms with Crippen LogP contribution in [0.1, 0.15) is 24.1 Å². The Morgan fingerprint density at radius 2 is 2.35 bits per heavy atom. The molecule has 0 saturated heterocycles. The molecule has 0 aliphatic rings. The van der Waals surface area contributed by atoms with Gasteiger partial charge < -0.3 is 5.32 Å². The lowest BCUT2D eigenvalue weighted by atomic mass is 10.1. The highest BCUT2D eigenvalue weighted by Gasteiger charge is 2.06. The Morgan fingerprint density at radius 3 is 3.00 bits per heavy atom. The molecule has 0 bridgehead atoms. The summed E-state index contributed by atoms with van der Waals surface area (Å²) in [6.45, 7) is 2.67. The summed E-state index contributed by atoms with van der Waals surface area (Å²) in [5, 5.41) is 10.1. The summed E-state index contributed by atoms with van der Waals surface area (Å²) in [5.41, 5.74) is 2.03. The lowest BCUT2D eigenvalue weighted by Gasteiger charge is -2.12. The Hall–Kier alpha value is -1.39. The van der Waals surface area contributed by atoms with Crippen LogP contribution in [0.2, 0.25) is 5.02 Å². The minimum Gasteiger partial charge on any atom is -0.306 e. The first-order valence-electron chi connectivity index (χ1n) is 5.33. The molecular formula is C12H13ClFN3. The number of aromatic nitrogens is 2. The number of nitrogens with zero attached hydrogens (tertiary/aromatic N) is 1. The largest absolute Gasteiger partial charge is 0.306 e. The second-order valence-corrected chi connectivity index (χ2v) is 4.29. The van der Waals surface area contributed by atoms with Crippen molar-refractivity contribution < 1.29 is 4.39 Å². The second-order valence-electron chi connectivity index (χ2n) is 3.88. The Bertz CT molecular complexity index is 485. The number of rotatable bonds is 4. The van der Waals surface area contributed by atoms with Gasteiger partial charge in [-0.15, -0.1) is 0 Å². The summed E-state index contributed by atoms with van der Waals surface area (Å²) in [7, 11) is 0. The molecule has 0 amide bonds. The summed E-state index contributed by atoms with van der Waals surface area (Å²) < 4.78 is 13.0. The maximum atomic E-state index is 13.0. The zero-order valence-corrected chi connectivity index (χ0v) is 10.1. The topological polar surface area (TPSA) is 40.7 Å². The number of halogens is 2. The van der Waals surface area contributed by atoms with Crippen molar-refractivity contribution >= 4 is 11.6 Å². The number of H-pyrrole nitrogens is 1. The van der Waals surface area contributed by atoms with Gasteiger partial charge in [-0.3, -0.25) is 5.10 Å². The van der Waals surface area contributed by atoms with Gasteiger partial charge in [-0.05, 0) is 24.6 Å². The van der Waals surface area contributed by atoms with Gasteiger partial charge in [0.1, 0.15) is 5.82 Å². The van der Waals surface area contributed by atoms with Gasteiger partial charge in [-0.2, -0.15) is 5.10 Å². The van der Waals surface area contributed by atoms with Gasteiger partial charge in [0.15, 0.2) is 0 Å². The van der Waals surface area contributed by atoms with Crippen molar-refractivity contribution in [3.63, 3.8) is 0 Å². The van der Waals surface area contributed by atoms with E-state index < -0.39 is 5.82 Å². The zero-order valence-electron chi connectivity index (χ0n) is 9.37. The normalized spacial score (nSPS) is 12.6. The van der Waals surface area contributed by atoms with Gasteiger partial charge in [0.25, 0.3) is 0 Å². The van der Waals surface area contributed by atoms with Crippen molar-refractivity contribution in [3.05, 3.63) is 52.6 Å². The summed E-state index contributed by atoms with van der Waals surface area (Å²) >= 11 is 5.71. The van der Waals surface area contributed by atoms with Crippen LogP contribution in [0.25, 0.3) is 0 Å². The first-order valence-corrected chi connectivity index (χ1v) is 5.70. The van der Waals surface area contributed by atoms with Crippen LogP contribution in [0.5, 0.6) is 0 Å². The predicted molar refractivity (Wildman–Crippen MR) is 65.3 cm³/mol. The number of hydrogen-bond acceptors (Lipinski definition) is 2. The first-order chi connectivity index (χ1) is 8.16. The molecule has 1 unspecified atom stereocenters. The van der Waals surface area contributed by atoms with Gasteiger partial charge in [0.2, 0.25) is 0 Å². The third kappa shape index (κ3) is 3.05. The van der Waals surface area contributed by atoms with Gasteiger partial charge in [-0.25, -0.2) is 4.39 Å². The molecule has 3 nitrogen and oxygen atoms in total. The fraction of sp³-hybridized carbons (Fsp3) is 0.250. The first kappa shape index (κ1) is 12.1. The van der Waals surface area contributed by atoms with Crippen molar-refractivity contribution in [1.82, 2.24) is 15.5 Å². The van der Waals surface area contributed by atoms with E-state index in [0.29, 0.717) is 6.54 Å². The van der Waals surface area contributed by atoms with Gasteiger partial charge >= 0.3 is 0 Å². The van der Waals surface area contributed by atoms with Crippen LogP contribution in [0, 0.1) is 5.82 Å². The minimum absolute atomic E-state index is 0.153. The van der Waals surface area contributed by atoms with Gasteiger partial charge in [0, 0.05) is 24.3 Å². The highest BCUT2D eigenvalue weighted by atomic mass is 35.5. The summed E-state index contributed by atoms with van der Waals surface area (Å²) in [6, 6.07) is 4.90. The number of hydrogen-bond donors (Lipinski definition) is 2. The Kier molecular flexibility index (Phi) is 3.76. The van der Waals surface area contributed by atoms with E-state index in [2.05, 4.69) is 15.5 Å². The third-order valence-electron chi connectivity index (χ3n) is 2.62. The molecule has 2 rings (SSSR count). The molecule has 2 aromatic rings. The number of benzene rings is 1. The Labute approximate surface area is 104 Å². The van der Waals surface area contributed by atoms with E-state index in [1.165, 1.54) is 6.07 Å². The molecule has 1 aromatic heterocycles. The van der Waals surface area contributed by atoms with Crippen LogP contribution in [-0.4, -0.2) is 10.2 Å². The van der Waals surface area contributed by atoms with Crippen LogP contribution in [0.15, 0.2) is 30.6 Å². The van der Waals surface area contributed by atoms with Crippen molar-refractivity contribution in [2.24, 2.45) is 0 Å². The molecule has 0 aliphatic carbocycles. The van der Waals surface area contributed by atoms with Gasteiger partial charge in [0.05, 0.1) is 11.2 Å². The molecule has 5 heteroatoms. The maximum absolute atomic E-state index is 13.0. The average Bonchev–Trinajstić information content (AvgIpc) is 2.84. The molecule has 2 N–H and O–H groups in total. The average molecular weight is 254 g/mol. The second kappa shape index (κ2) is 5.29. The van der Waals surface area contributed by atoms with Crippen molar-refractivity contribution in [2.75, 3.05) is 0 Å². The summed E-state index contributed by atoms with van der Waals surface area (Å²) in [6.07, 6.45) is 3.62. The predicted octanol–water partition coefficient (Wildman–Crippen LogP) is 3.05. The van der Waals surface area contributed by atoms with E-state index >= 15 is 0 Å². The highest BCUT2D eigenvalue weighted by Crippen LogP contribution is 2.17. The molecule has 17 heavy (non-hydrogen) atoms. The third-order valence-corrected chi connectivity index (χ3v) is 2.91. The molecule has 0 radical (unpaired) electrons. The standard InChI is InChI=1S/C12H13ClFN3/c1-8(10-6-16-17-7-10)15-5-9-2-3-12(14)11(13)4-9/h2-4,6-8,15H,5H2,1H3,(H,16,17). The smallest absolute Gasteiger partial charge is 0.141 e. The molecule has 1 heterocycles. The van der Waals surface area contributed by atoms with E-state index in [0.717, 1.165) is 11.1 Å². The maximum Gasteiger partial charge on any atom is 0.141 e.